The lowest BCUT2D eigenvalue weighted by Gasteiger charge is -2.31. The first-order valence-electron chi connectivity index (χ1n) is 33.9. The lowest BCUT2D eigenvalue weighted by molar-refractivity contribution is -0.746. The lowest BCUT2D eigenvalue weighted by atomic mass is 9.84. The number of H-pyrrole nitrogens is 3. The second-order valence-corrected chi connectivity index (χ2v) is 34.5. The van der Waals surface area contributed by atoms with Gasteiger partial charge in [-0.1, -0.05) is 37.9 Å². The highest BCUT2D eigenvalue weighted by Crippen LogP contribution is 2.68. The van der Waals surface area contributed by atoms with Gasteiger partial charge in [0.1, 0.15) is 91.9 Å². The van der Waals surface area contributed by atoms with Crippen LogP contribution in [0.2, 0.25) is 0 Å². The van der Waals surface area contributed by atoms with Crippen molar-refractivity contribution in [1.29, 1.82) is 0 Å². The maximum atomic E-state index is 14.6. The number of aliphatic hydroxyl groups is 3. The number of phosphoric ester groups is 4. The van der Waals surface area contributed by atoms with Gasteiger partial charge in [-0.25, -0.2) is 52.3 Å². The molecule has 0 aliphatic carbocycles. The standard InChI is InChI=1S/C56H74N21O34P5/c1-56(2,3)40(22-10-8-9-11-23(22)77(84)85)99-21-98-37-33(79)25(105-50(37)76-20-72(5)31-45(76)68-55(59)71-48(31)83)13-102-114(90,91)110-116(94,95)111-115(92,93)103-15-27-36(38(96-6)51(106-27)73-17-63-28-41(60-4)61-16-62-42(28)73)109-113(88,89)101-14-26-35(39(97-7)52(107-26)75-19-65-30-44(75)67-54(58)70-47(30)82)108-112(86,87)100-12-24-32(78)34(80)49(104-24)74-18-64-29-43(74)66-53(57)69-46(29)81/h8-11,16-20,24-27,32-40,49-52,78-80H,12-15,21H2,1-7H3,(H14-,57,58,59,60,61,62,66,67,68,69,70,71,81,82,83,86,87,88,89,90,91,92,93,94,95)/p+1/t24-,25-,26-,27-,32?,33+,34+,35?,36?,37?,38+,39+,40?,49-,50-,51-,52-/m1/s1. The summed E-state index contributed by atoms with van der Waals surface area (Å²) in [7, 11) is -25.0. The average Bonchev–Trinajstić information content (AvgIpc) is 1.61. The highest BCUT2D eigenvalue weighted by atomic mass is 31.3. The molecule has 12 heterocycles. The molecule has 55 nitrogen and oxygen atoms in total. The van der Waals surface area contributed by atoms with E-state index in [1.165, 1.54) is 52.3 Å². The Hall–Kier alpha value is -8.39. The van der Waals surface area contributed by atoms with Crippen LogP contribution in [0.5, 0.6) is 0 Å². The number of imidazole rings is 4. The number of anilines is 4. The highest BCUT2D eigenvalue weighted by Gasteiger charge is 2.57. The second-order valence-electron chi connectivity index (χ2n) is 27.0. The van der Waals surface area contributed by atoms with Gasteiger partial charge in [-0.15, -0.1) is 0 Å². The number of aliphatic hydroxyl groups excluding tert-OH is 3. The van der Waals surface area contributed by atoms with E-state index in [1.54, 1.807) is 26.8 Å². The summed E-state index contributed by atoms with van der Waals surface area (Å²) >= 11 is 0. The summed E-state index contributed by atoms with van der Waals surface area (Å²) in [6.07, 6.45) is -23.9. The van der Waals surface area contributed by atoms with Crippen molar-refractivity contribution in [2.24, 2.45) is 12.5 Å². The van der Waals surface area contributed by atoms with Crippen LogP contribution in [0.4, 0.5) is 29.4 Å². The molecule has 4 aliphatic rings. The van der Waals surface area contributed by atoms with Crippen LogP contribution in [0.1, 0.15) is 57.4 Å². The number of aryl methyl sites for hydroxylation is 1. The number of hydrogen-bond donors (Lipinski definition) is 15. The van der Waals surface area contributed by atoms with Crippen molar-refractivity contribution in [3.63, 3.8) is 0 Å². The predicted octanol–water partition coefficient (Wildman–Crippen LogP) is -1.43. The van der Waals surface area contributed by atoms with Crippen molar-refractivity contribution < 1.29 is 146 Å². The number of nitro benzene ring substituents is 1. The Morgan fingerprint density at radius 1 is 0.603 bits per heavy atom. The monoisotopic (exact) mass is 1740 g/mol. The molecule has 4 saturated heterocycles. The third-order valence-electron chi connectivity index (χ3n) is 18.4. The zero-order valence-electron chi connectivity index (χ0n) is 61.0. The Kier molecular flexibility index (Phi) is 24.4. The topological polar surface area (TPSA) is 753 Å². The molecule has 0 spiro atoms. The number of aromatic amines is 3. The zero-order chi connectivity index (χ0) is 83.8. The summed E-state index contributed by atoms with van der Waals surface area (Å²) in [5, 5.41) is 48.9. The number of nitrogens with zero attached hydrogens (tertiary/aromatic N) is 14. The molecule has 632 valence electrons. The zero-order valence-corrected chi connectivity index (χ0v) is 65.4. The van der Waals surface area contributed by atoms with E-state index in [9.17, 15) is 87.1 Å². The Labute approximate surface area is 646 Å². The second kappa shape index (κ2) is 33.1. The molecule has 13 rings (SSSR count). The summed E-state index contributed by atoms with van der Waals surface area (Å²) in [6.45, 7) is -0.484. The molecule has 4 aliphatic heterocycles. The van der Waals surface area contributed by atoms with Crippen molar-refractivity contribution in [3.05, 3.63) is 103 Å². The van der Waals surface area contributed by atoms with E-state index in [4.69, 9.17) is 82.2 Å². The van der Waals surface area contributed by atoms with Gasteiger partial charge >= 0.3 is 44.8 Å². The Morgan fingerprint density at radius 2 is 1.08 bits per heavy atom. The van der Waals surface area contributed by atoms with Gasteiger partial charge in [-0.2, -0.15) is 18.6 Å². The number of rotatable bonds is 33. The summed E-state index contributed by atoms with van der Waals surface area (Å²) < 4.78 is 164. The maximum Gasteiger partial charge on any atom is 0.490 e. The van der Waals surface area contributed by atoms with Gasteiger partial charge < -0.3 is 100 Å². The van der Waals surface area contributed by atoms with Crippen LogP contribution in [-0.2, 0) is 104 Å². The van der Waals surface area contributed by atoms with Crippen LogP contribution < -0.4 is 43.8 Å². The normalized spacial score (nSPS) is 28.1. The van der Waals surface area contributed by atoms with Crippen molar-refractivity contribution in [1.82, 2.24) is 73.1 Å². The maximum absolute atomic E-state index is 14.6. The average molecular weight is 1740 g/mol. The summed E-state index contributed by atoms with van der Waals surface area (Å²) in [6, 6.07) is 5.73. The number of phosphoric acid groups is 5. The highest BCUT2D eigenvalue weighted by molar-refractivity contribution is 7.66. The van der Waals surface area contributed by atoms with Gasteiger partial charge in [0.25, 0.3) is 28.3 Å². The van der Waals surface area contributed by atoms with Gasteiger partial charge in [-0.05, 0) is 11.5 Å². The van der Waals surface area contributed by atoms with Crippen molar-refractivity contribution in [3.8, 4) is 0 Å². The third-order valence-corrected chi connectivity index (χ3v) is 24.6. The molecule has 0 amide bonds. The largest absolute Gasteiger partial charge is 0.490 e. The van der Waals surface area contributed by atoms with E-state index in [-0.39, 0.29) is 73.6 Å². The van der Waals surface area contributed by atoms with Crippen molar-refractivity contribution in [2.75, 3.05) is 77.0 Å². The minimum absolute atomic E-state index is 0.00364. The van der Waals surface area contributed by atoms with Gasteiger partial charge in [0.2, 0.25) is 23.6 Å². The van der Waals surface area contributed by atoms with Crippen LogP contribution >= 0.6 is 39.1 Å². The van der Waals surface area contributed by atoms with Gasteiger partial charge in [-0.3, -0.25) is 84.9 Å². The van der Waals surface area contributed by atoms with Crippen LogP contribution in [0, 0.1) is 15.5 Å². The molecule has 116 heavy (non-hydrogen) atoms. The third kappa shape index (κ3) is 17.7. The quantitative estimate of drug-likeness (QED) is 0.00737. The first-order chi connectivity index (χ1) is 54.6. The minimum Gasteiger partial charge on any atom is -0.387 e. The van der Waals surface area contributed by atoms with Crippen LogP contribution in [-0.4, -0.2) is 246 Å². The number of fused-ring (bicyclic) bond motifs is 4. The number of methoxy groups -OCH3 is 2. The molecule has 18 N–H and O–H groups in total. The fourth-order valence-corrected chi connectivity index (χ4v) is 18.9. The molecule has 60 heteroatoms. The van der Waals surface area contributed by atoms with Crippen LogP contribution in [0.3, 0.4) is 0 Å². The molecule has 22 atom stereocenters. The first-order valence-corrected chi connectivity index (χ1v) is 41.3. The number of nitrogen functional groups attached to an aromatic ring is 3. The number of hydrogen-bond acceptors (Lipinski definition) is 41. The van der Waals surface area contributed by atoms with Crippen LogP contribution in [0.25, 0.3) is 44.7 Å². The number of ether oxygens (including phenoxy) is 8. The number of nitro groups is 1. The Balaban J connectivity index is 0.708. The number of benzene rings is 1. The SMILES string of the molecule is CNc1ncnc2c1ncn2[C@@H]1O[C@H](COP(=O)(O)OP(=O)(O)OP(=O)(O)OC[C@H]2O[C@@H]([n+]3cn(C)c4c(=O)[nH]c(N)nc43)C(OCOC(c3ccccc3[N+](=O)[O-])C(C)(C)C)[C@H]2O)C(OP(=O)(O)OC[C@H]2O[C@@H](n3cnc4c(=O)[nH]c(N)nc43)[C@@H](OC)C2OP(=O)(O)OC[C@H]2O[C@@H](n3cnc4c(=O)[nH]c(N)nc43)[C@@H](O)C2O)[C@@H]1OC. The number of nitrogens with one attached hydrogen (secondary N) is 4. The lowest BCUT2D eigenvalue weighted by Crippen LogP contribution is -2.47. The van der Waals surface area contributed by atoms with Crippen LogP contribution in [0.15, 0.2) is 70.3 Å². The van der Waals surface area contributed by atoms with Gasteiger partial charge in [0.15, 0.2) is 58.8 Å². The van der Waals surface area contributed by atoms with E-state index >= 15 is 0 Å². The minimum atomic E-state index is -6.42. The fourth-order valence-electron chi connectivity index (χ4n) is 13.4. The Bertz CT molecular complexity index is 5630. The molecule has 10 unspecified atom stereocenters. The fraction of sp³-hybridized carbons (Fsp3) is 0.536. The molecule has 4 fully saturated rings. The summed E-state index contributed by atoms with van der Waals surface area (Å²) in [4.78, 5) is 146. The first kappa shape index (κ1) is 85.5. The smallest absolute Gasteiger partial charge is 0.387 e. The van der Waals surface area contributed by atoms with Crippen molar-refractivity contribution in [2.45, 2.75) is 125 Å². The molecule has 9 aromatic rings. The summed E-state index contributed by atoms with van der Waals surface area (Å²) in [5.41, 5.74) is 13.1. The molecule has 0 radical (unpaired) electrons. The van der Waals surface area contributed by atoms with Crippen molar-refractivity contribution >= 4 is 113 Å². The van der Waals surface area contributed by atoms with E-state index in [0.29, 0.717) is 0 Å². The molecule has 0 bridgehead atoms. The molecular formula is C56H75N21O34P5+. The summed E-state index contributed by atoms with van der Waals surface area (Å²) in [5.74, 6) is -0.961. The number of para-hydroxylation sites is 1. The number of aromatic nitrogens is 16. The van der Waals surface area contributed by atoms with E-state index < -0.39 is 210 Å². The van der Waals surface area contributed by atoms with E-state index in [1.807, 2.05) is 0 Å². The van der Waals surface area contributed by atoms with E-state index in [2.05, 4.69) is 68.8 Å². The molecule has 0 saturated carbocycles. The van der Waals surface area contributed by atoms with E-state index in [0.717, 1.165) is 48.7 Å². The number of nitrogens with two attached hydrogens (primary N) is 3. The molecule has 8 aromatic heterocycles. The van der Waals surface area contributed by atoms with Gasteiger partial charge in [0, 0.05) is 27.3 Å². The molecule has 1 aromatic carbocycles. The van der Waals surface area contributed by atoms with Gasteiger partial charge in [0.05, 0.1) is 69.0 Å². The Morgan fingerprint density at radius 3 is 1.60 bits per heavy atom. The predicted molar refractivity (Wildman–Crippen MR) is 382 cm³/mol. The molecular weight excluding hydrogens is 1670 g/mol.